The van der Waals surface area contributed by atoms with Gasteiger partial charge in [0.05, 0.1) is 5.75 Å². The number of rotatable bonds is 3. The number of aliphatic carboxylic acids is 1. The van der Waals surface area contributed by atoms with E-state index in [0.717, 1.165) is 17.1 Å². The van der Waals surface area contributed by atoms with Crippen LogP contribution in [0.15, 0.2) is 33.8 Å². The monoisotopic (exact) mass is 242 g/mol. The van der Waals surface area contributed by atoms with Crippen molar-refractivity contribution < 1.29 is 14.3 Å². The zero-order valence-electron chi connectivity index (χ0n) is 7.57. The van der Waals surface area contributed by atoms with E-state index in [1.54, 1.807) is 24.3 Å². The van der Waals surface area contributed by atoms with Gasteiger partial charge in [0.25, 0.3) is 0 Å². The summed E-state index contributed by atoms with van der Waals surface area (Å²) in [4.78, 5) is 10.4. The predicted molar refractivity (Wildman–Crippen MR) is 59.6 cm³/mol. The van der Waals surface area contributed by atoms with Crippen molar-refractivity contribution in [2.75, 3.05) is 5.75 Å². The number of halogens is 1. The van der Waals surface area contributed by atoms with Crippen LogP contribution in [0.4, 0.5) is 0 Å². The molecule has 1 aromatic heterocycles. The van der Waals surface area contributed by atoms with Crippen LogP contribution in [0.3, 0.4) is 0 Å². The van der Waals surface area contributed by atoms with Gasteiger partial charge in [-0.05, 0) is 24.3 Å². The molecule has 0 bridgehead atoms. The minimum absolute atomic E-state index is 0.00639. The van der Waals surface area contributed by atoms with Gasteiger partial charge in [-0.1, -0.05) is 23.4 Å². The fourth-order valence-corrected chi connectivity index (χ4v) is 2.00. The maximum Gasteiger partial charge on any atom is 0.313 e. The summed E-state index contributed by atoms with van der Waals surface area (Å²) in [6, 6.07) is 7.07. The first kappa shape index (κ1) is 10.4. The number of benzene rings is 1. The number of furan rings is 1. The van der Waals surface area contributed by atoms with Gasteiger partial charge in [-0.3, -0.25) is 4.79 Å². The number of carboxylic acid groups (broad SMARTS) is 1. The number of carboxylic acids is 1. The molecule has 0 spiro atoms. The molecule has 0 amide bonds. The smallest absolute Gasteiger partial charge is 0.313 e. The molecule has 0 saturated heterocycles. The summed E-state index contributed by atoms with van der Waals surface area (Å²) in [5.41, 5.74) is 0.715. The van der Waals surface area contributed by atoms with Gasteiger partial charge in [0, 0.05) is 10.4 Å². The molecule has 1 aromatic carbocycles. The van der Waals surface area contributed by atoms with Gasteiger partial charge >= 0.3 is 5.97 Å². The lowest BCUT2D eigenvalue weighted by atomic mass is 10.3. The Hall–Kier alpha value is -1.13. The molecule has 5 heteroatoms. The van der Waals surface area contributed by atoms with Gasteiger partial charge in [0.15, 0.2) is 5.09 Å². The van der Waals surface area contributed by atoms with Crippen molar-refractivity contribution in [1.82, 2.24) is 0 Å². The third kappa shape index (κ3) is 2.46. The highest BCUT2D eigenvalue weighted by atomic mass is 35.5. The Kier molecular flexibility index (Phi) is 2.88. The molecule has 78 valence electrons. The Bertz CT molecular complexity index is 506. The van der Waals surface area contributed by atoms with Crippen molar-refractivity contribution in [3.05, 3.63) is 29.3 Å². The van der Waals surface area contributed by atoms with Gasteiger partial charge in [0.1, 0.15) is 5.58 Å². The maximum atomic E-state index is 10.4. The minimum atomic E-state index is -0.863. The topological polar surface area (TPSA) is 50.4 Å². The molecule has 15 heavy (non-hydrogen) atoms. The van der Waals surface area contributed by atoms with Crippen LogP contribution in [0.2, 0.25) is 5.02 Å². The van der Waals surface area contributed by atoms with Crippen molar-refractivity contribution in [2.24, 2.45) is 0 Å². The molecular weight excluding hydrogens is 236 g/mol. The number of hydrogen-bond donors (Lipinski definition) is 1. The van der Waals surface area contributed by atoms with Crippen molar-refractivity contribution in [3.63, 3.8) is 0 Å². The highest BCUT2D eigenvalue weighted by molar-refractivity contribution is 7.99. The molecule has 0 aliphatic rings. The van der Waals surface area contributed by atoms with Gasteiger partial charge in [-0.2, -0.15) is 0 Å². The maximum absolute atomic E-state index is 10.4. The fraction of sp³-hybridized carbons (Fsp3) is 0.100. The molecule has 2 aromatic rings. The Morgan fingerprint density at radius 2 is 2.27 bits per heavy atom. The van der Waals surface area contributed by atoms with E-state index in [2.05, 4.69) is 0 Å². The lowest BCUT2D eigenvalue weighted by molar-refractivity contribution is -0.133. The number of hydrogen-bond acceptors (Lipinski definition) is 3. The molecule has 3 nitrogen and oxygen atoms in total. The van der Waals surface area contributed by atoms with Crippen LogP contribution in [-0.2, 0) is 4.79 Å². The summed E-state index contributed by atoms with van der Waals surface area (Å²) in [6.07, 6.45) is 0. The quantitative estimate of drug-likeness (QED) is 0.840. The van der Waals surface area contributed by atoms with E-state index in [1.807, 2.05) is 0 Å². The average molecular weight is 243 g/mol. The van der Waals surface area contributed by atoms with Crippen LogP contribution in [0, 0.1) is 0 Å². The third-order valence-corrected chi connectivity index (χ3v) is 2.91. The summed E-state index contributed by atoms with van der Waals surface area (Å²) >= 11 is 6.96. The number of thioether (sulfide) groups is 1. The summed E-state index contributed by atoms with van der Waals surface area (Å²) < 4.78 is 5.41. The normalized spacial score (nSPS) is 10.7. The van der Waals surface area contributed by atoms with Gasteiger partial charge in [0.2, 0.25) is 0 Å². The second-order valence-electron chi connectivity index (χ2n) is 2.93. The van der Waals surface area contributed by atoms with E-state index >= 15 is 0 Å². The minimum Gasteiger partial charge on any atom is -0.481 e. The molecule has 1 N–H and O–H groups in total. The van der Waals surface area contributed by atoms with Gasteiger partial charge < -0.3 is 9.52 Å². The first-order valence-corrected chi connectivity index (χ1v) is 5.55. The molecule has 0 radical (unpaired) electrons. The highest BCUT2D eigenvalue weighted by Gasteiger charge is 2.06. The van der Waals surface area contributed by atoms with E-state index in [0.29, 0.717) is 15.7 Å². The molecule has 0 saturated carbocycles. The molecule has 0 aliphatic carbocycles. The van der Waals surface area contributed by atoms with Crippen molar-refractivity contribution in [1.29, 1.82) is 0 Å². The van der Waals surface area contributed by atoms with Crippen LogP contribution >= 0.6 is 23.4 Å². The van der Waals surface area contributed by atoms with Crippen LogP contribution in [0.25, 0.3) is 11.0 Å². The average Bonchev–Trinajstić information content (AvgIpc) is 2.56. The second kappa shape index (κ2) is 4.16. The van der Waals surface area contributed by atoms with Crippen molar-refractivity contribution >= 4 is 40.3 Å². The number of carbonyl (C=O) groups is 1. The van der Waals surface area contributed by atoms with Gasteiger partial charge in [-0.15, -0.1) is 0 Å². The molecule has 1 heterocycles. The summed E-state index contributed by atoms with van der Waals surface area (Å²) in [6.45, 7) is 0. The summed E-state index contributed by atoms with van der Waals surface area (Å²) in [5, 5.41) is 10.6. The standard InChI is InChI=1S/C10H7ClO3S/c11-7-1-2-8-6(3-7)4-10(14-8)15-5-9(12)13/h1-4H,5H2,(H,12,13). The zero-order chi connectivity index (χ0) is 10.8. The van der Waals surface area contributed by atoms with E-state index in [1.165, 1.54) is 0 Å². The molecule has 0 aliphatic heterocycles. The van der Waals surface area contributed by atoms with E-state index in [-0.39, 0.29) is 5.75 Å². The SMILES string of the molecule is O=C(O)CSc1cc2cc(Cl)ccc2o1. The Morgan fingerprint density at radius 3 is 3.00 bits per heavy atom. The molecular formula is C10H7ClO3S. The summed E-state index contributed by atoms with van der Waals surface area (Å²) in [7, 11) is 0. The lowest BCUT2D eigenvalue weighted by Gasteiger charge is -1.90. The third-order valence-electron chi connectivity index (χ3n) is 1.79. The van der Waals surface area contributed by atoms with Crippen LogP contribution in [0.1, 0.15) is 0 Å². The van der Waals surface area contributed by atoms with Crippen LogP contribution in [-0.4, -0.2) is 16.8 Å². The Labute approximate surface area is 95.0 Å². The highest BCUT2D eigenvalue weighted by Crippen LogP contribution is 2.28. The Morgan fingerprint density at radius 1 is 1.47 bits per heavy atom. The Balaban J connectivity index is 2.27. The second-order valence-corrected chi connectivity index (χ2v) is 4.35. The fourth-order valence-electron chi connectivity index (χ4n) is 1.19. The molecule has 0 unspecified atom stereocenters. The molecule has 0 fully saturated rings. The van der Waals surface area contributed by atoms with E-state index in [9.17, 15) is 4.79 Å². The van der Waals surface area contributed by atoms with Gasteiger partial charge in [-0.25, -0.2) is 0 Å². The van der Waals surface area contributed by atoms with Crippen LogP contribution < -0.4 is 0 Å². The van der Waals surface area contributed by atoms with Crippen molar-refractivity contribution in [2.45, 2.75) is 5.09 Å². The number of fused-ring (bicyclic) bond motifs is 1. The lowest BCUT2D eigenvalue weighted by Crippen LogP contribution is -1.96. The molecule has 2 rings (SSSR count). The summed E-state index contributed by atoms with van der Waals surface area (Å²) in [5.74, 6) is -0.869. The van der Waals surface area contributed by atoms with E-state index < -0.39 is 5.97 Å². The van der Waals surface area contributed by atoms with E-state index in [4.69, 9.17) is 21.1 Å². The zero-order valence-corrected chi connectivity index (χ0v) is 9.14. The molecule has 0 atom stereocenters. The van der Waals surface area contributed by atoms with Crippen LogP contribution in [0.5, 0.6) is 0 Å². The first-order valence-electron chi connectivity index (χ1n) is 4.19. The van der Waals surface area contributed by atoms with Crippen molar-refractivity contribution in [3.8, 4) is 0 Å². The first-order chi connectivity index (χ1) is 7.15. The largest absolute Gasteiger partial charge is 0.481 e. The predicted octanol–water partition coefficient (Wildman–Crippen LogP) is 3.26.